The highest BCUT2D eigenvalue weighted by Crippen LogP contribution is 2.41. The molecule has 0 spiro atoms. The fourth-order valence-corrected chi connectivity index (χ4v) is 3.42. The first-order valence-electron chi connectivity index (χ1n) is 8.53. The van der Waals surface area contributed by atoms with Gasteiger partial charge in [-0.3, -0.25) is 0 Å². The average Bonchev–Trinajstić information content (AvgIpc) is 2.71. The first-order chi connectivity index (χ1) is 12.7. The molecule has 26 heavy (non-hydrogen) atoms. The van der Waals surface area contributed by atoms with Gasteiger partial charge in [0.1, 0.15) is 5.75 Å². The smallest absolute Gasteiger partial charge is 0.194 e. The van der Waals surface area contributed by atoms with Crippen molar-refractivity contribution in [3.8, 4) is 5.75 Å². The van der Waals surface area contributed by atoms with Gasteiger partial charge in [-0.05, 0) is 12.1 Å². The zero-order chi connectivity index (χ0) is 18.0. The van der Waals surface area contributed by atoms with Gasteiger partial charge in [0.25, 0.3) is 0 Å². The molecule has 0 aliphatic carbocycles. The van der Waals surface area contributed by atoms with Crippen LogP contribution in [0.1, 0.15) is 16.7 Å². The SMILES string of the molecule is COc1ccccc1CN1C=Nc2ccccc2C1(O)c1ccccc1. The maximum atomic E-state index is 11.9. The highest BCUT2D eigenvalue weighted by Gasteiger charge is 2.41. The molecule has 1 aliphatic rings. The highest BCUT2D eigenvalue weighted by atomic mass is 16.5. The third-order valence-electron chi connectivity index (χ3n) is 4.74. The van der Waals surface area contributed by atoms with E-state index in [0.29, 0.717) is 6.54 Å². The van der Waals surface area contributed by atoms with Crippen molar-refractivity contribution in [3.05, 3.63) is 95.6 Å². The predicted molar refractivity (Wildman–Crippen MR) is 103 cm³/mol. The molecule has 3 aromatic carbocycles. The number of fused-ring (bicyclic) bond motifs is 1. The molecule has 1 heterocycles. The first kappa shape index (κ1) is 16.4. The number of hydrogen-bond donors (Lipinski definition) is 1. The van der Waals surface area contributed by atoms with Crippen LogP contribution >= 0.6 is 0 Å². The zero-order valence-electron chi connectivity index (χ0n) is 14.5. The maximum absolute atomic E-state index is 11.9. The minimum atomic E-state index is -1.31. The fourth-order valence-electron chi connectivity index (χ4n) is 3.42. The molecular weight excluding hydrogens is 324 g/mol. The Hall–Kier alpha value is -3.11. The van der Waals surface area contributed by atoms with Gasteiger partial charge in [-0.25, -0.2) is 4.99 Å². The average molecular weight is 344 g/mol. The molecule has 0 amide bonds. The van der Waals surface area contributed by atoms with Crippen LogP contribution in [0.3, 0.4) is 0 Å². The lowest BCUT2D eigenvalue weighted by atomic mass is 9.90. The van der Waals surface area contributed by atoms with Crippen LogP contribution in [0.25, 0.3) is 0 Å². The number of aliphatic hydroxyl groups is 1. The molecule has 0 bridgehead atoms. The summed E-state index contributed by atoms with van der Waals surface area (Å²) in [6.45, 7) is 0.466. The Kier molecular flexibility index (Phi) is 4.19. The summed E-state index contributed by atoms with van der Waals surface area (Å²) in [6.07, 6.45) is 1.71. The quantitative estimate of drug-likeness (QED) is 0.776. The predicted octanol–water partition coefficient (Wildman–Crippen LogP) is 4.06. The molecule has 1 aliphatic heterocycles. The van der Waals surface area contributed by atoms with Gasteiger partial charge in [0, 0.05) is 16.7 Å². The van der Waals surface area contributed by atoms with Crippen molar-refractivity contribution in [2.75, 3.05) is 7.11 Å². The second-order valence-electron chi connectivity index (χ2n) is 6.24. The van der Waals surface area contributed by atoms with Gasteiger partial charge in [-0.1, -0.05) is 66.7 Å². The molecule has 4 nitrogen and oxygen atoms in total. The van der Waals surface area contributed by atoms with E-state index >= 15 is 0 Å². The van der Waals surface area contributed by atoms with Gasteiger partial charge >= 0.3 is 0 Å². The first-order valence-corrected chi connectivity index (χ1v) is 8.53. The van der Waals surface area contributed by atoms with Crippen molar-refractivity contribution in [2.24, 2.45) is 4.99 Å². The van der Waals surface area contributed by atoms with E-state index in [2.05, 4.69) is 4.99 Å². The second-order valence-corrected chi connectivity index (χ2v) is 6.24. The summed E-state index contributed by atoms with van der Waals surface area (Å²) in [6, 6.07) is 25.2. The van der Waals surface area contributed by atoms with Crippen molar-refractivity contribution in [1.29, 1.82) is 0 Å². The minimum Gasteiger partial charge on any atom is -0.496 e. The number of hydrogen-bond acceptors (Lipinski definition) is 4. The van der Waals surface area contributed by atoms with Crippen molar-refractivity contribution in [1.82, 2.24) is 4.90 Å². The van der Waals surface area contributed by atoms with Crippen LogP contribution in [0.2, 0.25) is 0 Å². The largest absolute Gasteiger partial charge is 0.496 e. The van der Waals surface area contributed by atoms with Crippen molar-refractivity contribution in [3.63, 3.8) is 0 Å². The summed E-state index contributed by atoms with van der Waals surface area (Å²) in [4.78, 5) is 6.40. The number of nitrogens with zero attached hydrogens (tertiary/aromatic N) is 2. The Labute approximate surface area is 153 Å². The molecule has 0 radical (unpaired) electrons. The standard InChI is InChI=1S/C22H20N2O2/c1-26-21-14-8-5-9-17(21)15-24-16-23-20-13-7-6-12-19(20)22(24,25)18-10-3-2-4-11-18/h2-14,16,25H,15H2,1H3. The molecule has 130 valence electrons. The van der Waals surface area contributed by atoms with E-state index in [-0.39, 0.29) is 0 Å². The van der Waals surface area contributed by atoms with Gasteiger partial charge < -0.3 is 14.7 Å². The monoisotopic (exact) mass is 344 g/mol. The number of para-hydroxylation sites is 2. The van der Waals surface area contributed by atoms with E-state index in [0.717, 1.165) is 28.1 Å². The van der Waals surface area contributed by atoms with Gasteiger partial charge in [-0.15, -0.1) is 0 Å². The lowest BCUT2D eigenvalue weighted by Crippen LogP contribution is -2.47. The Morgan fingerprint density at radius 1 is 0.923 bits per heavy atom. The normalized spacial score (nSPS) is 18.5. The fraction of sp³-hybridized carbons (Fsp3) is 0.136. The summed E-state index contributed by atoms with van der Waals surface area (Å²) < 4.78 is 5.48. The summed E-state index contributed by atoms with van der Waals surface area (Å²) in [7, 11) is 1.65. The molecule has 4 rings (SSSR count). The van der Waals surface area contributed by atoms with Crippen molar-refractivity contribution >= 4 is 12.0 Å². The van der Waals surface area contributed by atoms with Gasteiger partial charge in [-0.2, -0.15) is 0 Å². The maximum Gasteiger partial charge on any atom is 0.194 e. The number of ether oxygens (including phenoxy) is 1. The van der Waals surface area contributed by atoms with Crippen molar-refractivity contribution in [2.45, 2.75) is 12.3 Å². The summed E-state index contributed by atoms with van der Waals surface area (Å²) >= 11 is 0. The molecule has 0 saturated carbocycles. The van der Waals surface area contributed by atoms with Crippen molar-refractivity contribution < 1.29 is 9.84 Å². The van der Waals surface area contributed by atoms with E-state index in [1.165, 1.54) is 0 Å². The van der Waals surface area contributed by atoms with Gasteiger partial charge in [0.05, 0.1) is 25.7 Å². The molecule has 0 saturated heterocycles. The Balaban J connectivity index is 1.83. The molecule has 3 aromatic rings. The van der Waals surface area contributed by atoms with E-state index < -0.39 is 5.72 Å². The third-order valence-corrected chi connectivity index (χ3v) is 4.74. The molecule has 0 aromatic heterocycles. The van der Waals surface area contributed by atoms with Crippen LogP contribution < -0.4 is 4.74 Å². The molecular formula is C22H20N2O2. The lowest BCUT2D eigenvalue weighted by Gasteiger charge is -2.42. The molecule has 1 unspecified atom stereocenters. The summed E-state index contributed by atoms with van der Waals surface area (Å²) in [5.74, 6) is 0.787. The highest BCUT2D eigenvalue weighted by molar-refractivity contribution is 5.71. The Bertz CT molecular complexity index is 940. The van der Waals surface area contributed by atoms with Gasteiger partial charge in [0.15, 0.2) is 5.72 Å². The van der Waals surface area contributed by atoms with E-state index in [1.807, 2.05) is 83.8 Å². The lowest BCUT2D eigenvalue weighted by molar-refractivity contribution is -0.0411. The number of benzene rings is 3. The van der Waals surface area contributed by atoms with Crippen LogP contribution in [0.5, 0.6) is 5.75 Å². The Morgan fingerprint density at radius 2 is 1.62 bits per heavy atom. The molecule has 0 fully saturated rings. The second kappa shape index (κ2) is 6.65. The molecule has 4 heteroatoms. The number of rotatable bonds is 4. The van der Waals surface area contributed by atoms with Crippen LogP contribution in [-0.4, -0.2) is 23.5 Å². The zero-order valence-corrected chi connectivity index (χ0v) is 14.5. The molecule has 1 atom stereocenters. The van der Waals surface area contributed by atoms with E-state index in [9.17, 15) is 5.11 Å². The number of aliphatic imine (C=N–C) groups is 1. The topological polar surface area (TPSA) is 45.1 Å². The number of methoxy groups -OCH3 is 1. The van der Waals surface area contributed by atoms with E-state index in [1.54, 1.807) is 13.4 Å². The summed E-state index contributed by atoms with van der Waals surface area (Å²) in [5, 5.41) is 11.9. The molecule has 1 N–H and O–H groups in total. The Morgan fingerprint density at radius 3 is 2.42 bits per heavy atom. The summed E-state index contributed by atoms with van der Waals surface area (Å²) in [5.41, 5.74) is 2.02. The van der Waals surface area contributed by atoms with Crippen LogP contribution in [-0.2, 0) is 12.3 Å². The third kappa shape index (κ3) is 2.65. The van der Waals surface area contributed by atoms with E-state index in [4.69, 9.17) is 4.74 Å². The van der Waals surface area contributed by atoms with Crippen LogP contribution in [0.4, 0.5) is 5.69 Å². The van der Waals surface area contributed by atoms with Crippen LogP contribution in [0, 0.1) is 0 Å². The minimum absolute atomic E-state index is 0.466. The van der Waals surface area contributed by atoms with Gasteiger partial charge in [0.2, 0.25) is 0 Å². The van der Waals surface area contributed by atoms with Crippen LogP contribution in [0.15, 0.2) is 83.9 Å².